The van der Waals surface area contributed by atoms with Crippen LogP contribution in [0.15, 0.2) is 60.9 Å². The summed E-state index contributed by atoms with van der Waals surface area (Å²) >= 11 is 0. The van der Waals surface area contributed by atoms with E-state index in [2.05, 4.69) is 28.6 Å². The Morgan fingerprint density at radius 3 is 2.81 bits per heavy atom. The molecule has 0 atom stereocenters. The van der Waals surface area contributed by atoms with Crippen LogP contribution >= 0.6 is 0 Å². The van der Waals surface area contributed by atoms with E-state index in [1.807, 2.05) is 41.2 Å². The van der Waals surface area contributed by atoms with Gasteiger partial charge in [-0.25, -0.2) is 4.68 Å². The Morgan fingerprint density at radius 2 is 1.95 bits per heavy atom. The van der Waals surface area contributed by atoms with E-state index in [0.29, 0.717) is 6.42 Å². The summed E-state index contributed by atoms with van der Waals surface area (Å²) in [7, 11) is 0. The molecule has 1 amide bonds. The molecule has 1 aliphatic heterocycles. The number of hydrogen-bond donors (Lipinski definition) is 1. The number of aromatic nitrogens is 2. The van der Waals surface area contributed by atoms with Gasteiger partial charge < -0.3 is 5.32 Å². The van der Waals surface area contributed by atoms with Crippen LogP contribution in [-0.2, 0) is 11.2 Å². The van der Waals surface area contributed by atoms with E-state index in [1.54, 1.807) is 6.20 Å². The van der Waals surface area contributed by atoms with Gasteiger partial charge in [-0.2, -0.15) is 5.10 Å². The van der Waals surface area contributed by atoms with Crippen molar-refractivity contribution in [1.29, 1.82) is 0 Å². The summed E-state index contributed by atoms with van der Waals surface area (Å²) in [5.74, 6) is 0.0624. The van der Waals surface area contributed by atoms with Crippen molar-refractivity contribution in [2.45, 2.75) is 6.42 Å². The minimum atomic E-state index is 0.0624. The highest BCUT2D eigenvalue weighted by Crippen LogP contribution is 2.29. The van der Waals surface area contributed by atoms with Crippen LogP contribution in [-0.4, -0.2) is 15.7 Å². The molecule has 0 saturated heterocycles. The van der Waals surface area contributed by atoms with Crippen molar-refractivity contribution in [3.05, 3.63) is 66.5 Å². The zero-order valence-electron chi connectivity index (χ0n) is 11.3. The zero-order chi connectivity index (χ0) is 14.2. The van der Waals surface area contributed by atoms with Crippen molar-refractivity contribution < 1.29 is 4.79 Å². The zero-order valence-corrected chi connectivity index (χ0v) is 11.3. The van der Waals surface area contributed by atoms with Gasteiger partial charge >= 0.3 is 0 Å². The third-order valence-electron chi connectivity index (χ3n) is 3.68. The van der Waals surface area contributed by atoms with Crippen molar-refractivity contribution >= 4 is 11.6 Å². The summed E-state index contributed by atoms with van der Waals surface area (Å²) in [6.45, 7) is 0. The number of fused-ring (bicyclic) bond motifs is 1. The Balaban J connectivity index is 1.76. The number of rotatable bonds is 2. The summed E-state index contributed by atoms with van der Waals surface area (Å²) in [6, 6.07) is 16.2. The van der Waals surface area contributed by atoms with Crippen LogP contribution in [0.1, 0.15) is 5.56 Å². The Hall–Kier alpha value is -2.88. The van der Waals surface area contributed by atoms with E-state index < -0.39 is 0 Å². The lowest BCUT2D eigenvalue weighted by molar-refractivity contribution is -0.115. The minimum absolute atomic E-state index is 0.0624. The fourth-order valence-corrected chi connectivity index (χ4v) is 2.66. The Labute approximate surface area is 122 Å². The van der Waals surface area contributed by atoms with Gasteiger partial charge in [-0.05, 0) is 47.0 Å². The molecule has 4 heteroatoms. The molecule has 0 fully saturated rings. The molecule has 1 aliphatic rings. The molecule has 0 radical (unpaired) electrons. The van der Waals surface area contributed by atoms with E-state index >= 15 is 0 Å². The Kier molecular flexibility index (Phi) is 2.60. The highest BCUT2D eigenvalue weighted by molar-refractivity contribution is 5.99. The molecule has 1 N–H and O–H groups in total. The average Bonchev–Trinajstić information content (AvgIpc) is 3.15. The second-order valence-corrected chi connectivity index (χ2v) is 5.10. The van der Waals surface area contributed by atoms with Crippen LogP contribution in [0.3, 0.4) is 0 Å². The number of amides is 1. The molecule has 2 heterocycles. The van der Waals surface area contributed by atoms with Crippen LogP contribution in [0.4, 0.5) is 5.69 Å². The molecule has 4 rings (SSSR count). The fraction of sp³-hybridized carbons (Fsp3) is 0.0588. The first-order chi connectivity index (χ1) is 10.3. The Morgan fingerprint density at radius 1 is 1.05 bits per heavy atom. The number of anilines is 1. The maximum absolute atomic E-state index is 11.4. The number of hydrogen-bond acceptors (Lipinski definition) is 2. The molecular formula is C17H13N3O. The third kappa shape index (κ3) is 2.10. The first-order valence-electron chi connectivity index (χ1n) is 6.83. The van der Waals surface area contributed by atoms with Crippen LogP contribution in [0, 0.1) is 0 Å². The molecule has 0 aliphatic carbocycles. The second kappa shape index (κ2) is 4.59. The molecule has 4 nitrogen and oxygen atoms in total. The normalized spacial score (nSPS) is 13.0. The van der Waals surface area contributed by atoms with Crippen LogP contribution < -0.4 is 5.32 Å². The second-order valence-electron chi connectivity index (χ2n) is 5.10. The summed E-state index contributed by atoms with van der Waals surface area (Å²) < 4.78 is 1.84. The topological polar surface area (TPSA) is 46.9 Å². The van der Waals surface area contributed by atoms with E-state index in [0.717, 1.165) is 28.1 Å². The van der Waals surface area contributed by atoms with E-state index in [4.69, 9.17) is 0 Å². The smallest absolute Gasteiger partial charge is 0.228 e. The van der Waals surface area contributed by atoms with Crippen molar-refractivity contribution in [3.63, 3.8) is 0 Å². The highest BCUT2D eigenvalue weighted by atomic mass is 16.1. The first kappa shape index (κ1) is 11.9. The predicted molar refractivity (Wildman–Crippen MR) is 81.3 cm³/mol. The molecule has 2 aromatic carbocycles. The van der Waals surface area contributed by atoms with Gasteiger partial charge in [-0.1, -0.05) is 18.2 Å². The minimum Gasteiger partial charge on any atom is -0.326 e. The number of nitrogens with zero attached hydrogens (tertiary/aromatic N) is 2. The monoisotopic (exact) mass is 275 g/mol. The molecule has 0 unspecified atom stereocenters. The van der Waals surface area contributed by atoms with Gasteiger partial charge in [0.05, 0.1) is 12.1 Å². The van der Waals surface area contributed by atoms with E-state index in [-0.39, 0.29) is 5.91 Å². The van der Waals surface area contributed by atoms with Gasteiger partial charge in [-0.3, -0.25) is 4.79 Å². The van der Waals surface area contributed by atoms with Crippen LogP contribution in [0.5, 0.6) is 0 Å². The molecular weight excluding hydrogens is 262 g/mol. The predicted octanol–water partition coefficient (Wildman–Crippen LogP) is 3.03. The fourth-order valence-electron chi connectivity index (χ4n) is 2.66. The van der Waals surface area contributed by atoms with Gasteiger partial charge in [-0.15, -0.1) is 0 Å². The molecule has 0 saturated carbocycles. The summed E-state index contributed by atoms with van der Waals surface area (Å²) in [6.07, 6.45) is 4.14. The quantitative estimate of drug-likeness (QED) is 0.781. The van der Waals surface area contributed by atoms with Crippen molar-refractivity contribution in [3.8, 4) is 16.8 Å². The van der Waals surface area contributed by atoms with Gasteiger partial charge in [0.15, 0.2) is 0 Å². The molecule has 102 valence electrons. The SMILES string of the molecule is O=C1Cc2cc(-c3cccc(-n4cccn4)c3)ccc2N1. The molecule has 0 bridgehead atoms. The largest absolute Gasteiger partial charge is 0.326 e. The summed E-state index contributed by atoms with van der Waals surface area (Å²) in [5.41, 5.74) is 5.23. The van der Waals surface area contributed by atoms with Gasteiger partial charge in [0.2, 0.25) is 5.91 Å². The van der Waals surface area contributed by atoms with Crippen molar-refractivity contribution in [2.75, 3.05) is 5.32 Å². The average molecular weight is 275 g/mol. The van der Waals surface area contributed by atoms with E-state index in [9.17, 15) is 4.79 Å². The molecule has 21 heavy (non-hydrogen) atoms. The summed E-state index contributed by atoms with van der Waals surface area (Å²) in [5, 5.41) is 7.11. The number of benzene rings is 2. The lowest BCUT2D eigenvalue weighted by Crippen LogP contribution is -2.03. The maximum Gasteiger partial charge on any atom is 0.228 e. The highest BCUT2D eigenvalue weighted by Gasteiger charge is 2.17. The maximum atomic E-state index is 11.4. The van der Waals surface area contributed by atoms with Crippen LogP contribution in [0.2, 0.25) is 0 Å². The van der Waals surface area contributed by atoms with Crippen molar-refractivity contribution in [1.82, 2.24) is 9.78 Å². The van der Waals surface area contributed by atoms with Gasteiger partial charge in [0.25, 0.3) is 0 Å². The van der Waals surface area contributed by atoms with Crippen molar-refractivity contribution in [2.24, 2.45) is 0 Å². The standard InChI is InChI=1S/C17H13N3O/c21-17-11-14-9-13(5-6-16(14)19-17)12-3-1-4-15(10-12)20-8-2-7-18-20/h1-10H,11H2,(H,19,21). The third-order valence-corrected chi connectivity index (χ3v) is 3.68. The van der Waals surface area contributed by atoms with Gasteiger partial charge in [0.1, 0.15) is 0 Å². The lowest BCUT2D eigenvalue weighted by atomic mass is 10.0. The molecule has 0 spiro atoms. The number of carbonyl (C=O) groups excluding carboxylic acids is 1. The van der Waals surface area contributed by atoms with Crippen LogP contribution in [0.25, 0.3) is 16.8 Å². The first-order valence-corrected chi connectivity index (χ1v) is 6.83. The van der Waals surface area contributed by atoms with E-state index in [1.165, 1.54) is 0 Å². The van der Waals surface area contributed by atoms with Gasteiger partial charge in [0, 0.05) is 18.1 Å². The molecule has 3 aromatic rings. The Bertz CT molecular complexity index is 822. The lowest BCUT2D eigenvalue weighted by Gasteiger charge is -2.07. The molecule has 1 aromatic heterocycles. The number of carbonyl (C=O) groups is 1. The number of nitrogens with one attached hydrogen (secondary N) is 1. The summed E-state index contributed by atoms with van der Waals surface area (Å²) in [4.78, 5) is 11.4.